The third-order valence-corrected chi connectivity index (χ3v) is 4.03. The number of carbonyl (C=O) groups excluding carboxylic acids is 2. The standard InChI is InChI=1S/C15H23N5O5/c1-8(21)12(15(24)25)20-14(23)11(5-9-6-16-7-18-9)19-13(22)10-3-2-4-17-10/h6-8,10-12,17,21H,2-5H2,1H3,(H,16,18)(H,19,22)(H,20,23)(H,24,25)/t8-,10+,11+,12+/m1/s1. The number of carbonyl (C=O) groups is 3. The van der Waals surface area contributed by atoms with Crippen molar-refractivity contribution < 1.29 is 24.6 Å². The number of H-pyrrole nitrogens is 1. The molecule has 1 saturated heterocycles. The molecule has 0 spiro atoms. The van der Waals surface area contributed by atoms with Crippen molar-refractivity contribution in [1.82, 2.24) is 25.9 Å². The zero-order valence-corrected chi connectivity index (χ0v) is 13.9. The summed E-state index contributed by atoms with van der Waals surface area (Å²) in [5.74, 6) is -2.36. The van der Waals surface area contributed by atoms with E-state index in [4.69, 9.17) is 5.11 Å². The maximum Gasteiger partial charge on any atom is 0.328 e. The molecule has 0 bridgehead atoms. The first kappa shape index (κ1) is 18.9. The van der Waals surface area contributed by atoms with Crippen LogP contribution < -0.4 is 16.0 Å². The van der Waals surface area contributed by atoms with Gasteiger partial charge in [-0.1, -0.05) is 0 Å². The van der Waals surface area contributed by atoms with E-state index in [1.54, 1.807) is 0 Å². The lowest BCUT2D eigenvalue weighted by Crippen LogP contribution is -2.57. The van der Waals surface area contributed by atoms with E-state index in [9.17, 15) is 19.5 Å². The topological polar surface area (TPSA) is 156 Å². The van der Waals surface area contributed by atoms with Crippen molar-refractivity contribution in [1.29, 1.82) is 0 Å². The number of nitrogens with zero attached hydrogens (tertiary/aromatic N) is 1. The van der Waals surface area contributed by atoms with Gasteiger partial charge in [-0.15, -0.1) is 0 Å². The van der Waals surface area contributed by atoms with E-state index in [1.165, 1.54) is 19.4 Å². The number of aliphatic hydroxyl groups is 1. The van der Waals surface area contributed by atoms with E-state index in [-0.39, 0.29) is 18.4 Å². The van der Waals surface area contributed by atoms with Crippen molar-refractivity contribution in [3.05, 3.63) is 18.2 Å². The van der Waals surface area contributed by atoms with Crippen LogP contribution in [0.4, 0.5) is 0 Å². The first-order chi connectivity index (χ1) is 11.9. The largest absolute Gasteiger partial charge is 0.480 e. The summed E-state index contributed by atoms with van der Waals surface area (Å²) in [6.07, 6.45) is 3.36. The van der Waals surface area contributed by atoms with Gasteiger partial charge in [0, 0.05) is 18.3 Å². The summed E-state index contributed by atoms with van der Waals surface area (Å²) in [6.45, 7) is 2.00. The normalized spacial score (nSPS) is 20.5. The number of aromatic nitrogens is 2. The van der Waals surface area contributed by atoms with Gasteiger partial charge in [0.15, 0.2) is 6.04 Å². The van der Waals surface area contributed by atoms with Crippen molar-refractivity contribution in [2.75, 3.05) is 6.54 Å². The molecule has 25 heavy (non-hydrogen) atoms. The van der Waals surface area contributed by atoms with Crippen LogP contribution in [0.5, 0.6) is 0 Å². The molecule has 0 saturated carbocycles. The minimum absolute atomic E-state index is 0.121. The van der Waals surface area contributed by atoms with Crippen molar-refractivity contribution in [3.8, 4) is 0 Å². The number of aromatic amines is 1. The van der Waals surface area contributed by atoms with Crippen LogP contribution in [0.25, 0.3) is 0 Å². The quantitative estimate of drug-likeness (QED) is 0.320. The summed E-state index contributed by atoms with van der Waals surface area (Å²) >= 11 is 0. The number of imidazole rings is 1. The Balaban J connectivity index is 2.07. The summed E-state index contributed by atoms with van der Waals surface area (Å²) in [4.78, 5) is 42.6. The van der Waals surface area contributed by atoms with Crippen LogP contribution in [0.15, 0.2) is 12.5 Å². The Morgan fingerprint density at radius 3 is 2.68 bits per heavy atom. The van der Waals surface area contributed by atoms with Crippen molar-refractivity contribution >= 4 is 17.8 Å². The van der Waals surface area contributed by atoms with Crippen LogP contribution in [-0.4, -0.2) is 68.7 Å². The summed E-state index contributed by atoms with van der Waals surface area (Å²) in [7, 11) is 0. The highest BCUT2D eigenvalue weighted by Gasteiger charge is 2.31. The molecule has 138 valence electrons. The van der Waals surface area contributed by atoms with Gasteiger partial charge in [-0.3, -0.25) is 9.59 Å². The maximum absolute atomic E-state index is 12.5. The molecule has 0 radical (unpaired) electrons. The van der Waals surface area contributed by atoms with Gasteiger partial charge in [-0.25, -0.2) is 9.78 Å². The first-order valence-electron chi connectivity index (χ1n) is 8.10. The van der Waals surface area contributed by atoms with Gasteiger partial charge in [0.2, 0.25) is 11.8 Å². The van der Waals surface area contributed by atoms with E-state index in [0.717, 1.165) is 13.0 Å². The van der Waals surface area contributed by atoms with Gasteiger partial charge < -0.3 is 31.1 Å². The second-order valence-electron chi connectivity index (χ2n) is 6.06. The predicted molar refractivity (Wildman–Crippen MR) is 86.5 cm³/mol. The molecule has 6 N–H and O–H groups in total. The van der Waals surface area contributed by atoms with Crippen molar-refractivity contribution in [2.24, 2.45) is 0 Å². The molecular formula is C15H23N5O5. The molecule has 2 rings (SSSR count). The Morgan fingerprint density at radius 1 is 1.40 bits per heavy atom. The Labute approximate surface area is 144 Å². The Bertz CT molecular complexity index is 597. The minimum atomic E-state index is -1.46. The second kappa shape index (κ2) is 8.58. The Kier molecular flexibility index (Phi) is 6.48. The zero-order chi connectivity index (χ0) is 18.4. The summed E-state index contributed by atoms with van der Waals surface area (Å²) in [5, 5.41) is 26.6. The predicted octanol–water partition coefficient (Wildman–Crippen LogP) is -1.86. The van der Waals surface area contributed by atoms with Gasteiger partial charge in [-0.2, -0.15) is 0 Å². The fraction of sp³-hybridized carbons (Fsp3) is 0.600. The lowest BCUT2D eigenvalue weighted by Gasteiger charge is -2.23. The Morgan fingerprint density at radius 2 is 2.16 bits per heavy atom. The third kappa shape index (κ3) is 5.26. The molecule has 1 fully saturated rings. The first-order valence-corrected chi connectivity index (χ1v) is 8.10. The number of aliphatic hydroxyl groups excluding tert-OH is 1. The number of rotatable bonds is 8. The number of nitrogens with one attached hydrogen (secondary N) is 4. The van der Waals surface area contributed by atoms with E-state index in [1.807, 2.05) is 0 Å². The molecule has 4 atom stereocenters. The highest BCUT2D eigenvalue weighted by Crippen LogP contribution is 2.07. The SMILES string of the molecule is C[C@@H](O)[C@H](NC(=O)[C@H](Cc1cnc[nH]1)NC(=O)[C@@H]1CCCN1)C(=O)O. The number of carboxylic acids is 1. The summed E-state index contributed by atoms with van der Waals surface area (Å²) < 4.78 is 0. The molecule has 0 unspecified atom stereocenters. The number of carboxylic acid groups (broad SMARTS) is 1. The van der Waals surface area contributed by atoms with Gasteiger partial charge in [-0.05, 0) is 26.3 Å². The van der Waals surface area contributed by atoms with E-state index >= 15 is 0 Å². The van der Waals surface area contributed by atoms with Crippen LogP contribution in [-0.2, 0) is 20.8 Å². The molecule has 1 aromatic rings. The van der Waals surface area contributed by atoms with Crippen LogP contribution in [0, 0.1) is 0 Å². The van der Waals surface area contributed by atoms with Crippen LogP contribution in [0.2, 0.25) is 0 Å². The highest BCUT2D eigenvalue weighted by atomic mass is 16.4. The fourth-order valence-electron chi connectivity index (χ4n) is 2.65. The van der Waals surface area contributed by atoms with Crippen LogP contribution >= 0.6 is 0 Å². The van der Waals surface area contributed by atoms with Crippen LogP contribution in [0.1, 0.15) is 25.5 Å². The molecule has 0 aliphatic carbocycles. The van der Waals surface area contributed by atoms with Gasteiger partial charge in [0.1, 0.15) is 6.04 Å². The molecule has 10 heteroatoms. The average Bonchev–Trinajstić information content (AvgIpc) is 3.24. The molecule has 2 amide bonds. The van der Waals surface area contributed by atoms with E-state index in [2.05, 4.69) is 25.9 Å². The molecule has 2 heterocycles. The number of hydrogen-bond donors (Lipinski definition) is 6. The van der Waals surface area contributed by atoms with Gasteiger partial charge >= 0.3 is 5.97 Å². The molecule has 10 nitrogen and oxygen atoms in total. The summed E-state index contributed by atoms with van der Waals surface area (Å²) in [5.41, 5.74) is 0.615. The number of aliphatic carboxylic acids is 1. The monoisotopic (exact) mass is 353 g/mol. The number of amides is 2. The molecule has 1 aliphatic rings. The van der Waals surface area contributed by atoms with Crippen molar-refractivity contribution in [2.45, 2.75) is 50.4 Å². The second-order valence-corrected chi connectivity index (χ2v) is 6.06. The smallest absolute Gasteiger partial charge is 0.328 e. The summed E-state index contributed by atoms with van der Waals surface area (Å²) in [6, 6.07) is -2.82. The van der Waals surface area contributed by atoms with Gasteiger partial charge in [0.05, 0.1) is 18.5 Å². The number of hydrogen-bond acceptors (Lipinski definition) is 6. The fourth-order valence-corrected chi connectivity index (χ4v) is 2.65. The lowest BCUT2D eigenvalue weighted by molar-refractivity contribution is -0.145. The maximum atomic E-state index is 12.5. The van der Waals surface area contributed by atoms with E-state index in [0.29, 0.717) is 12.1 Å². The van der Waals surface area contributed by atoms with Gasteiger partial charge in [0.25, 0.3) is 0 Å². The Hall–Kier alpha value is -2.46. The molecule has 1 aliphatic heterocycles. The molecular weight excluding hydrogens is 330 g/mol. The van der Waals surface area contributed by atoms with Crippen molar-refractivity contribution in [3.63, 3.8) is 0 Å². The molecule has 1 aromatic heterocycles. The minimum Gasteiger partial charge on any atom is -0.480 e. The highest BCUT2D eigenvalue weighted by molar-refractivity contribution is 5.92. The zero-order valence-electron chi connectivity index (χ0n) is 13.9. The third-order valence-electron chi connectivity index (χ3n) is 4.03. The lowest BCUT2D eigenvalue weighted by atomic mass is 10.1. The molecule has 0 aromatic carbocycles. The van der Waals surface area contributed by atoms with E-state index < -0.39 is 30.1 Å². The average molecular weight is 353 g/mol. The van der Waals surface area contributed by atoms with Crippen LogP contribution in [0.3, 0.4) is 0 Å².